The minimum atomic E-state index is -1.15. The van der Waals surface area contributed by atoms with E-state index in [-0.39, 0.29) is 4.58 Å². The molecule has 2 aromatic carbocycles. The molecule has 5 rings (SSSR count). The lowest BCUT2D eigenvalue weighted by atomic mass is 10.1. The molecule has 4 aromatic rings. The lowest BCUT2D eigenvalue weighted by Crippen LogP contribution is -2.01. The highest BCUT2D eigenvalue weighted by Gasteiger charge is 2.30. The molecule has 22 heavy (non-hydrogen) atoms. The second-order valence-corrected chi connectivity index (χ2v) is 9.16. The van der Waals surface area contributed by atoms with E-state index in [4.69, 9.17) is 4.42 Å². The van der Waals surface area contributed by atoms with Gasteiger partial charge in [-0.15, -0.1) is 11.3 Å². The number of furan rings is 1. The molecule has 0 bridgehead atoms. The number of thiophene rings is 1. The van der Waals surface area contributed by atoms with Gasteiger partial charge in [0.1, 0.15) is 10.3 Å². The molecule has 0 saturated heterocycles. The first-order valence-corrected chi connectivity index (χ1v) is 9.79. The minimum Gasteiger partial charge on any atom is -0.467 e. The first-order chi connectivity index (χ1) is 10.8. The number of rotatable bonds is 1. The third-order valence-corrected chi connectivity index (χ3v) is 8.24. The zero-order valence-electron chi connectivity index (χ0n) is 11.3. The smallest absolute Gasteiger partial charge is 0.147 e. The fourth-order valence-electron chi connectivity index (χ4n) is 2.93. The molecule has 0 amide bonds. The Morgan fingerprint density at radius 2 is 1.77 bits per heavy atom. The standard InChI is InChI=1S/C17H10O2S3/c18-22-14-8-2-7-13-16(14)15-11(20-13)5-1-6-12(15)21-17(22)10-4-3-9-19-10/h1-9,17H. The van der Waals surface area contributed by atoms with Crippen molar-refractivity contribution < 1.29 is 8.63 Å². The van der Waals surface area contributed by atoms with Crippen LogP contribution in [0.5, 0.6) is 0 Å². The highest BCUT2D eigenvalue weighted by molar-refractivity contribution is 8.11. The topological polar surface area (TPSA) is 30.2 Å². The monoisotopic (exact) mass is 342 g/mol. The van der Waals surface area contributed by atoms with E-state index in [1.807, 2.05) is 24.3 Å². The van der Waals surface area contributed by atoms with Crippen molar-refractivity contribution in [3.05, 3.63) is 60.6 Å². The van der Waals surface area contributed by atoms with Crippen molar-refractivity contribution in [2.75, 3.05) is 0 Å². The summed E-state index contributed by atoms with van der Waals surface area (Å²) in [7, 11) is -1.15. The van der Waals surface area contributed by atoms with Crippen molar-refractivity contribution in [2.45, 2.75) is 14.4 Å². The molecule has 0 radical (unpaired) electrons. The van der Waals surface area contributed by atoms with Crippen LogP contribution in [0, 0.1) is 0 Å². The van der Waals surface area contributed by atoms with Crippen LogP contribution in [0.25, 0.3) is 20.2 Å². The van der Waals surface area contributed by atoms with E-state index < -0.39 is 10.8 Å². The largest absolute Gasteiger partial charge is 0.467 e. The van der Waals surface area contributed by atoms with Crippen molar-refractivity contribution in [2.24, 2.45) is 0 Å². The maximum absolute atomic E-state index is 13.2. The van der Waals surface area contributed by atoms with Gasteiger partial charge in [0, 0.05) is 30.0 Å². The summed E-state index contributed by atoms with van der Waals surface area (Å²) in [4.78, 5) is 2.10. The van der Waals surface area contributed by atoms with Crippen LogP contribution in [0.2, 0.25) is 0 Å². The number of thioether (sulfide) groups is 1. The summed E-state index contributed by atoms with van der Waals surface area (Å²) in [6.07, 6.45) is 1.65. The average Bonchev–Trinajstić information content (AvgIpc) is 3.16. The van der Waals surface area contributed by atoms with Crippen molar-refractivity contribution in [1.82, 2.24) is 0 Å². The van der Waals surface area contributed by atoms with E-state index in [2.05, 4.69) is 24.3 Å². The Balaban J connectivity index is 1.90. The zero-order chi connectivity index (χ0) is 14.7. The van der Waals surface area contributed by atoms with Crippen molar-refractivity contribution in [3.8, 4) is 0 Å². The Bertz CT molecular complexity index is 1030. The van der Waals surface area contributed by atoms with Crippen LogP contribution in [-0.4, -0.2) is 4.21 Å². The van der Waals surface area contributed by atoms with Gasteiger partial charge in [0.15, 0.2) is 0 Å². The quantitative estimate of drug-likeness (QED) is 0.454. The number of hydrogen-bond donors (Lipinski definition) is 0. The molecule has 2 unspecified atom stereocenters. The van der Waals surface area contributed by atoms with Crippen LogP contribution in [0.1, 0.15) is 10.3 Å². The molecule has 0 aliphatic carbocycles. The molecule has 0 fully saturated rings. The van der Waals surface area contributed by atoms with E-state index in [1.54, 1.807) is 29.4 Å². The molecule has 2 atom stereocenters. The van der Waals surface area contributed by atoms with E-state index in [1.165, 1.54) is 19.7 Å². The summed E-state index contributed by atoms with van der Waals surface area (Å²) in [5.41, 5.74) is 0. The van der Waals surface area contributed by atoms with Gasteiger partial charge >= 0.3 is 0 Å². The Morgan fingerprint density at radius 1 is 0.955 bits per heavy atom. The maximum atomic E-state index is 13.2. The van der Waals surface area contributed by atoms with Gasteiger partial charge in [0.25, 0.3) is 0 Å². The van der Waals surface area contributed by atoms with Crippen molar-refractivity contribution in [3.63, 3.8) is 0 Å². The predicted octanol–water partition coefficient (Wildman–Crippen LogP) is 5.56. The Kier molecular flexibility index (Phi) is 2.77. The molecule has 3 heterocycles. The molecule has 5 heteroatoms. The van der Waals surface area contributed by atoms with Crippen molar-refractivity contribution in [1.29, 1.82) is 0 Å². The molecule has 1 aliphatic rings. The first kappa shape index (κ1) is 12.9. The molecule has 108 valence electrons. The molecule has 0 N–H and O–H groups in total. The molecule has 1 aliphatic heterocycles. The average molecular weight is 342 g/mol. The van der Waals surface area contributed by atoms with Crippen LogP contribution in [-0.2, 0) is 10.8 Å². The van der Waals surface area contributed by atoms with Gasteiger partial charge < -0.3 is 4.42 Å². The lowest BCUT2D eigenvalue weighted by Gasteiger charge is -2.12. The van der Waals surface area contributed by atoms with Crippen LogP contribution in [0.3, 0.4) is 0 Å². The van der Waals surface area contributed by atoms with E-state index in [9.17, 15) is 4.21 Å². The lowest BCUT2D eigenvalue weighted by molar-refractivity contribution is 0.525. The second-order valence-electron chi connectivity index (χ2n) is 5.12. The number of hydrogen-bond acceptors (Lipinski definition) is 4. The summed E-state index contributed by atoms with van der Waals surface area (Å²) < 4.78 is 21.0. The first-order valence-electron chi connectivity index (χ1n) is 6.88. The molecule has 0 spiro atoms. The van der Waals surface area contributed by atoms with Gasteiger partial charge in [-0.25, -0.2) is 0 Å². The third kappa shape index (κ3) is 1.70. The summed E-state index contributed by atoms with van der Waals surface area (Å²) in [6.45, 7) is 0. The molecule has 2 aromatic heterocycles. The van der Waals surface area contributed by atoms with Crippen molar-refractivity contribution >= 4 is 54.1 Å². The fourth-order valence-corrected chi connectivity index (χ4v) is 7.36. The predicted molar refractivity (Wildman–Crippen MR) is 93.0 cm³/mol. The molecular formula is C17H10O2S3. The molecule has 2 nitrogen and oxygen atoms in total. The Morgan fingerprint density at radius 3 is 2.59 bits per heavy atom. The Labute approximate surface area is 137 Å². The van der Waals surface area contributed by atoms with Crippen LogP contribution < -0.4 is 0 Å². The van der Waals surface area contributed by atoms with Gasteiger partial charge in [-0.3, -0.25) is 4.21 Å². The van der Waals surface area contributed by atoms with Gasteiger partial charge in [0.05, 0.1) is 17.1 Å². The van der Waals surface area contributed by atoms with E-state index in [0.717, 1.165) is 16.0 Å². The zero-order valence-corrected chi connectivity index (χ0v) is 13.8. The van der Waals surface area contributed by atoms with Gasteiger partial charge in [-0.1, -0.05) is 23.9 Å². The number of benzene rings is 2. The SMILES string of the molecule is O=S1c2cccc3sc4cccc(c4c23)SC1c1ccco1. The Hall–Kier alpha value is -1.56. The third-order valence-electron chi connectivity index (χ3n) is 3.87. The normalized spacial score (nSPS) is 20.7. The highest BCUT2D eigenvalue weighted by Crippen LogP contribution is 2.51. The van der Waals surface area contributed by atoms with Gasteiger partial charge in [-0.05, 0) is 36.4 Å². The van der Waals surface area contributed by atoms with Gasteiger partial charge in [0.2, 0.25) is 0 Å². The van der Waals surface area contributed by atoms with Gasteiger partial charge in [-0.2, -0.15) is 0 Å². The fraction of sp³-hybridized carbons (Fsp3) is 0.0588. The summed E-state index contributed by atoms with van der Waals surface area (Å²) >= 11 is 3.41. The summed E-state index contributed by atoms with van der Waals surface area (Å²) in [5, 5.41) is 2.39. The van der Waals surface area contributed by atoms with E-state index >= 15 is 0 Å². The molecular weight excluding hydrogens is 332 g/mol. The van der Waals surface area contributed by atoms with Crippen LogP contribution >= 0.6 is 23.1 Å². The summed E-state index contributed by atoms with van der Waals surface area (Å²) in [5.74, 6) is 0.770. The van der Waals surface area contributed by atoms with Crippen LogP contribution in [0.4, 0.5) is 0 Å². The summed E-state index contributed by atoms with van der Waals surface area (Å²) in [6, 6.07) is 16.2. The maximum Gasteiger partial charge on any atom is 0.147 e. The van der Waals surface area contributed by atoms with E-state index in [0.29, 0.717) is 0 Å². The minimum absolute atomic E-state index is 0.205. The second kappa shape index (κ2) is 4.72. The van der Waals surface area contributed by atoms with Crippen LogP contribution in [0.15, 0.2) is 69.0 Å². The highest BCUT2D eigenvalue weighted by atomic mass is 32.2. The molecule has 0 saturated carbocycles.